The summed E-state index contributed by atoms with van der Waals surface area (Å²) in [4.78, 5) is 14.4. The third kappa shape index (κ3) is 3.38. The van der Waals surface area contributed by atoms with Crippen LogP contribution in [-0.4, -0.2) is 34.1 Å². The Bertz CT molecular complexity index is 594. The zero-order valence-corrected chi connectivity index (χ0v) is 13.0. The lowest BCUT2D eigenvalue weighted by Gasteiger charge is -2.30. The van der Waals surface area contributed by atoms with E-state index in [1.165, 1.54) is 18.4 Å². The second-order valence-corrected chi connectivity index (χ2v) is 6.21. The predicted molar refractivity (Wildman–Crippen MR) is 86.3 cm³/mol. The summed E-state index contributed by atoms with van der Waals surface area (Å²) in [6.45, 7) is 0. The molecule has 22 heavy (non-hydrogen) atoms. The molecule has 0 radical (unpaired) electrons. The topological polar surface area (TPSA) is 49.0 Å². The summed E-state index contributed by atoms with van der Waals surface area (Å²) in [5, 5.41) is 6.77. The van der Waals surface area contributed by atoms with Gasteiger partial charge in [0, 0.05) is 25.0 Å². The van der Waals surface area contributed by atoms with E-state index in [-0.39, 0.29) is 5.91 Å². The lowest BCUT2D eigenvalue weighted by atomic mass is 9.93. The summed E-state index contributed by atoms with van der Waals surface area (Å²) >= 11 is 0. The second kappa shape index (κ2) is 6.77. The molecule has 1 aliphatic rings. The van der Waals surface area contributed by atoms with Crippen molar-refractivity contribution < 1.29 is 4.79 Å². The number of nitrogens with one attached hydrogen (secondary N) is 1. The number of H-pyrrole nitrogens is 1. The normalized spacial score (nSPS) is 21.0. The Morgan fingerprint density at radius 3 is 2.82 bits per heavy atom. The minimum Gasteiger partial charge on any atom is -0.342 e. The van der Waals surface area contributed by atoms with Crippen LogP contribution in [0.3, 0.4) is 0 Å². The maximum absolute atomic E-state index is 12.5. The van der Waals surface area contributed by atoms with Crippen molar-refractivity contribution in [1.82, 2.24) is 15.1 Å². The zero-order chi connectivity index (χ0) is 15.4. The zero-order valence-electron chi connectivity index (χ0n) is 13.0. The number of hydrogen-bond donors (Lipinski definition) is 1. The number of rotatable bonds is 5. The lowest BCUT2D eigenvalue weighted by Crippen LogP contribution is -2.40. The number of aromatic nitrogens is 2. The molecule has 1 amide bonds. The molecule has 0 bridgehead atoms. The van der Waals surface area contributed by atoms with Crippen molar-refractivity contribution in [2.75, 3.05) is 7.05 Å². The van der Waals surface area contributed by atoms with Crippen LogP contribution in [0.5, 0.6) is 0 Å². The number of likely N-dealkylation sites (N-methyl/N-ethyl adjacent to an activating group) is 1. The Kier molecular flexibility index (Phi) is 4.56. The van der Waals surface area contributed by atoms with Crippen molar-refractivity contribution in [3.05, 3.63) is 53.9 Å². The van der Waals surface area contributed by atoms with Gasteiger partial charge in [0.1, 0.15) is 0 Å². The standard InChI is InChI=1S/C18H23N3O/c1-21(18(22)13-16-10-11-19-20-16)17-9-5-8-15(17)12-14-6-3-2-4-7-14/h2-4,6-7,10-11,15,17H,5,8-9,12-13H2,1H3,(H,19,20)/t15-,17-/m1/s1. The predicted octanol–water partition coefficient (Wildman–Crippen LogP) is 2.82. The monoisotopic (exact) mass is 297 g/mol. The SMILES string of the molecule is CN(C(=O)Cc1ccn[nH]1)[C@@H]1CCC[C@@H]1Cc1ccccc1. The smallest absolute Gasteiger partial charge is 0.228 e. The largest absolute Gasteiger partial charge is 0.342 e. The fourth-order valence-corrected chi connectivity index (χ4v) is 3.54. The lowest BCUT2D eigenvalue weighted by molar-refractivity contribution is -0.132. The molecule has 0 saturated heterocycles. The van der Waals surface area contributed by atoms with E-state index in [4.69, 9.17) is 0 Å². The summed E-state index contributed by atoms with van der Waals surface area (Å²) in [6.07, 6.45) is 6.70. The molecule has 2 aromatic rings. The first-order valence-corrected chi connectivity index (χ1v) is 8.02. The van der Waals surface area contributed by atoms with Crippen LogP contribution >= 0.6 is 0 Å². The van der Waals surface area contributed by atoms with Gasteiger partial charge in [0.15, 0.2) is 0 Å². The number of nitrogens with zero attached hydrogens (tertiary/aromatic N) is 2. The highest BCUT2D eigenvalue weighted by Crippen LogP contribution is 2.32. The molecule has 1 saturated carbocycles. The van der Waals surface area contributed by atoms with Crippen LogP contribution in [0.4, 0.5) is 0 Å². The molecule has 1 aromatic carbocycles. The fraction of sp³-hybridized carbons (Fsp3) is 0.444. The van der Waals surface area contributed by atoms with Crippen molar-refractivity contribution in [2.24, 2.45) is 5.92 Å². The number of carbonyl (C=O) groups excluding carboxylic acids is 1. The Hall–Kier alpha value is -2.10. The maximum Gasteiger partial charge on any atom is 0.228 e. The molecule has 116 valence electrons. The quantitative estimate of drug-likeness (QED) is 0.922. The van der Waals surface area contributed by atoms with E-state index >= 15 is 0 Å². The molecular formula is C18H23N3O. The summed E-state index contributed by atoms with van der Waals surface area (Å²) in [7, 11) is 1.95. The molecule has 4 nitrogen and oxygen atoms in total. The average molecular weight is 297 g/mol. The summed E-state index contributed by atoms with van der Waals surface area (Å²) in [6, 6.07) is 12.8. The first-order chi connectivity index (χ1) is 10.7. The van der Waals surface area contributed by atoms with E-state index in [1.807, 2.05) is 18.0 Å². The maximum atomic E-state index is 12.5. The van der Waals surface area contributed by atoms with E-state index in [0.29, 0.717) is 18.4 Å². The first-order valence-electron chi connectivity index (χ1n) is 8.02. The highest BCUT2D eigenvalue weighted by Gasteiger charge is 2.32. The van der Waals surface area contributed by atoms with Gasteiger partial charge in [0.2, 0.25) is 5.91 Å². The number of carbonyl (C=O) groups is 1. The Labute approximate surface area is 131 Å². The third-order valence-electron chi connectivity index (χ3n) is 4.75. The molecule has 0 unspecified atom stereocenters. The molecule has 1 aliphatic carbocycles. The number of benzene rings is 1. The Morgan fingerprint density at radius 1 is 1.27 bits per heavy atom. The van der Waals surface area contributed by atoms with Crippen LogP contribution in [0.2, 0.25) is 0 Å². The number of aromatic amines is 1. The van der Waals surface area contributed by atoms with Crippen LogP contribution in [0, 0.1) is 5.92 Å². The minimum atomic E-state index is 0.175. The molecule has 3 rings (SSSR count). The van der Waals surface area contributed by atoms with Crippen LogP contribution < -0.4 is 0 Å². The van der Waals surface area contributed by atoms with Gasteiger partial charge < -0.3 is 4.90 Å². The summed E-state index contributed by atoms with van der Waals surface area (Å²) in [5.74, 6) is 0.743. The fourth-order valence-electron chi connectivity index (χ4n) is 3.54. The molecule has 1 fully saturated rings. The molecule has 0 aliphatic heterocycles. The van der Waals surface area contributed by atoms with Gasteiger partial charge in [0.25, 0.3) is 0 Å². The van der Waals surface area contributed by atoms with Crippen molar-refractivity contribution in [2.45, 2.75) is 38.1 Å². The Balaban J connectivity index is 1.63. The number of amides is 1. The van der Waals surface area contributed by atoms with Gasteiger partial charge in [0.05, 0.1) is 6.42 Å². The van der Waals surface area contributed by atoms with Crippen molar-refractivity contribution in [3.8, 4) is 0 Å². The Morgan fingerprint density at radius 2 is 2.09 bits per heavy atom. The van der Waals surface area contributed by atoms with Gasteiger partial charge in [-0.3, -0.25) is 9.89 Å². The average Bonchev–Trinajstić information content (AvgIpc) is 3.19. The van der Waals surface area contributed by atoms with E-state index < -0.39 is 0 Å². The van der Waals surface area contributed by atoms with Crippen LogP contribution in [0.1, 0.15) is 30.5 Å². The van der Waals surface area contributed by atoms with Crippen LogP contribution in [-0.2, 0) is 17.6 Å². The van der Waals surface area contributed by atoms with Gasteiger partial charge in [-0.1, -0.05) is 36.8 Å². The minimum absolute atomic E-state index is 0.175. The van der Waals surface area contributed by atoms with Gasteiger partial charge in [-0.15, -0.1) is 0 Å². The molecule has 1 heterocycles. The van der Waals surface area contributed by atoms with Crippen molar-refractivity contribution in [3.63, 3.8) is 0 Å². The molecule has 1 N–H and O–H groups in total. The van der Waals surface area contributed by atoms with E-state index in [9.17, 15) is 4.79 Å². The second-order valence-electron chi connectivity index (χ2n) is 6.21. The van der Waals surface area contributed by atoms with Gasteiger partial charge in [-0.05, 0) is 36.8 Å². The van der Waals surface area contributed by atoms with Gasteiger partial charge in [-0.2, -0.15) is 5.10 Å². The molecule has 0 spiro atoms. The number of hydrogen-bond acceptors (Lipinski definition) is 2. The van der Waals surface area contributed by atoms with E-state index in [0.717, 1.165) is 18.5 Å². The van der Waals surface area contributed by atoms with Crippen LogP contribution in [0.15, 0.2) is 42.6 Å². The third-order valence-corrected chi connectivity index (χ3v) is 4.75. The molecule has 1 aromatic heterocycles. The van der Waals surface area contributed by atoms with E-state index in [2.05, 4.69) is 40.5 Å². The molecule has 4 heteroatoms. The van der Waals surface area contributed by atoms with Gasteiger partial charge >= 0.3 is 0 Å². The van der Waals surface area contributed by atoms with Gasteiger partial charge in [-0.25, -0.2) is 0 Å². The van der Waals surface area contributed by atoms with Crippen LogP contribution in [0.25, 0.3) is 0 Å². The van der Waals surface area contributed by atoms with Crippen molar-refractivity contribution >= 4 is 5.91 Å². The molecular weight excluding hydrogens is 274 g/mol. The van der Waals surface area contributed by atoms with E-state index in [1.54, 1.807) is 6.20 Å². The van der Waals surface area contributed by atoms with Crippen molar-refractivity contribution in [1.29, 1.82) is 0 Å². The molecule has 2 atom stereocenters. The highest BCUT2D eigenvalue weighted by atomic mass is 16.2. The summed E-state index contributed by atoms with van der Waals surface area (Å²) in [5.41, 5.74) is 2.25. The summed E-state index contributed by atoms with van der Waals surface area (Å²) < 4.78 is 0. The first kappa shape index (κ1) is 14.8. The highest BCUT2D eigenvalue weighted by molar-refractivity contribution is 5.78.